The van der Waals surface area contributed by atoms with Crippen molar-refractivity contribution in [1.82, 2.24) is 4.90 Å². The summed E-state index contributed by atoms with van der Waals surface area (Å²) in [6.45, 7) is 1.80. The normalized spacial score (nSPS) is 14.8. The fourth-order valence-corrected chi connectivity index (χ4v) is 2.15. The molecule has 1 heterocycles. The van der Waals surface area contributed by atoms with Crippen molar-refractivity contribution in [2.75, 3.05) is 25.0 Å². The number of rotatable bonds is 3. The van der Waals surface area contributed by atoms with E-state index in [4.69, 9.17) is 5.26 Å². The molecule has 4 nitrogen and oxygen atoms in total. The Balaban J connectivity index is 1.91. The highest BCUT2D eigenvalue weighted by molar-refractivity contribution is 5.81. The molecule has 19 heavy (non-hydrogen) atoms. The number of hydrogen-bond donors (Lipinski definition) is 1. The van der Waals surface area contributed by atoms with Crippen LogP contribution in [0.2, 0.25) is 0 Å². The summed E-state index contributed by atoms with van der Waals surface area (Å²) in [6, 6.07) is 5.95. The minimum absolute atomic E-state index is 0.0181. The third-order valence-corrected chi connectivity index (χ3v) is 3.24. The van der Waals surface area contributed by atoms with Crippen LogP contribution in [0.5, 0.6) is 0 Å². The molecule has 0 radical (unpaired) electrons. The van der Waals surface area contributed by atoms with Crippen molar-refractivity contribution in [3.05, 3.63) is 29.6 Å². The molecule has 1 amide bonds. The maximum absolute atomic E-state index is 13.1. The van der Waals surface area contributed by atoms with E-state index in [-0.39, 0.29) is 18.0 Å². The second kappa shape index (κ2) is 6.19. The second-order valence-corrected chi connectivity index (χ2v) is 4.60. The summed E-state index contributed by atoms with van der Waals surface area (Å²) in [5.41, 5.74) is 0.568. The number of carbonyl (C=O) groups excluding carboxylic acids is 1. The first-order valence-corrected chi connectivity index (χ1v) is 6.42. The topological polar surface area (TPSA) is 56.1 Å². The molecule has 5 heteroatoms. The molecule has 1 aromatic carbocycles. The van der Waals surface area contributed by atoms with Gasteiger partial charge in [-0.1, -0.05) is 0 Å². The number of piperidine rings is 1. The molecule has 1 fully saturated rings. The minimum Gasteiger partial charge on any atom is -0.376 e. The molecule has 0 aromatic heterocycles. The highest BCUT2D eigenvalue weighted by atomic mass is 19.1. The Bertz CT molecular complexity index is 504. The van der Waals surface area contributed by atoms with Crippen LogP contribution < -0.4 is 5.32 Å². The van der Waals surface area contributed by atoms with E-state index in [1.807, 2.05) is 4.90 Å². The first kappa shape index (κ1) is 13.3. The highest BCUT2D eigenvalue weighted by Gasteiger charge is 2.15. The van der Waals surface area contributed by atoms with Gasteiger partial charge >= 0.3 is 0 Å². The van der Waals surface area contributed by atoms with Crippen LogP contribution >= 0.6 is 0 Å². The Morgan fingerprint density at radius 3 is 2.79 bits per heavy atom. The summed E-state index contributed by atoms with van der Waals surface area (Å²) in [5, 5.41) is 11.7. The van der Waals surface area contributed by atoms with Gasteiger partial charge in [-0.3, -0.25) is 4.79 Å². The molecule has 0 unspecified atom stereocenters. The Morgan fingerprint density at radius 2 is 2.11 bits per heavy atom. The summed E-state index contributed by atoms with van der Waals surface area (Å²) in [6.07, 6.45) is 3.29. The third-order valence-electron chi connectivity index (χ3n) is 3.24. The predicted octanol–water partition coefficient (Wildman–Crippen LogP) is 2.12. The zero-order chi connectivity index (χ0) is 13.7. The van der Waals surface area contributed by atoms with Crippen LogP contribution in [0, 0.1) is 17.1 Å². The van der Waals surface area contributed by atoms with Crippen LogP contribution in [0.25, 0.3) is 0 Å². The summed E-state index contributed by atoms with van der Waals surface area (Å²) in [4.78, 5) is 13.8. The largest absolute Gasteiger partial charge is 0.376 e. The predicted molar refractivity (Wildman–Crippen MR) is 70.0 cm³/mol. The van der Waals surface area contributed by atoms with Gasteiger partial charge in [0.15, 0.2) is 0 Å². The molecule has 0 saturated carbocycles. The van der Waals surface area contributed by atoms with E-state index < -0.39 is 5.82 Å². The van der Waals surface area contributed by atoms with E-state index in [0.717, 1.165) is 25.9 Å². The summed E-state index contributed by atoms with van der Waals surface area (Å²) in [5.74, 6) is -0.502. The van der Waals surface area contributed by atoms with Crippen molar-refractivity contribution in [2.45, 2.75) is 19.3 Å². The van der Waals surface area contributed by atoms with Gasteiger partial charge in [0, 0.05) is 18.8 Å². The molecular weight excluding hydrogens is 245 g/mol. The number of nitrogens with zero attached hydrogens (tertiary/aromatic N) is 2. The number of anilines is 1. The molecule has 0 aliphatic carbocycles. The van der Waals surface area contributed by atoms with Crippen LogP contribution in [0.4, 0.5) is 10.1 Å². The first-order valence-electron chi connectivity index (χ1n) is 6.42. The SMILES string of the molecule is N#Cc1cc(NCC(=O)N2CCCCC2)ccc1F. The number of carbonyl (C=O) groups is 1. The fourth-order valence-electron chi connectivity index (χ4n) is 2.15. The quantitative estimate of drug-likeness (QED) is 0.906. The van der Waals surface area contributed by atoms with Crippen molar-refractivity contribution in [3.63, 3.8) is 0 Å². The molecule has 0 atom stereocenters. The number of nitriles is 1. The Morgan fingerprint density at radius 1 is 1.37 bits per heavy atom. The van der Waals surface area contributed by atoms with Gasteiger partial charge in [0.05, 0.1) is 12.1 Å². The number of amides is 1. The van der Waals surface area contributed by atoms with Crippen LogP contribution in [-0.4, -0.2) is 30.4 Å². The second-order valence-electron chi connectivity index (χ2n) is 4.60. The highest BCUT2D eigenvalue weighted by Crippen LogP contribution is 2.14. The van der Waals surface area contributed by atoms with Crippen molar-refractivity contribution >= 4 is 11.6 Å². The van der Waals surface area contributed by atoms with Gasteiger partial charge in [0.1, 0.15) is 11.9 Å². The van der Waals surface area contributed by atoms with Gasteiger partial charge in [-0.15, -0.1) is 0 Å². The summed E-state index contributed by atoms with van der Waals surface area (Å²) in [7, 11) is 0. The lowest BCUT2D eigenvalue weighted by atomic mass is 10.1. The molecule has 1 aliphatic heterocycles. The van der Waals surface area contributed by atoms with Crippen LogP contribution in [0.15, 0.2) is 18.2 Å². The number of nitrogens with one attached hydrogen (secondary N) is 1. The fraction of sp³-hybridized carbons (Fsp3) is 0.429. The number of hydrogen-bond acceptors (Lipinski definition) is 3. The molecule has 0 bridgehead atoms. The van der Waals surface area contributed by atoms with Crippen molar-refractivity contribution in [1.29, 1.82) is 5.26 Å². The maximum atomic E-state index is 13.1. The van der Waals surface area contributed by atoms with Gasteiger partial charge in [-0.05, 0) is 37.5 Å². The van der Waals surface area contributed by atoms with Crippen molar-refractivity contribution < 1.29 is 9.18 Å². The number of likely N-dealkylation sites (tertiary alicyclic amines) is 1. The van der Waals surface area contributed by atoms with Crippen molar-refractivity contribution in [3.8, 4) is 6.07 Å². The molecule has 2 rings (SSSR count). The van der Waals surface area contributed by atoms with Crippen molar-refractivity contribution in [2.24, 2.45) is 0 Å². The molecular formula is C14H16FN3O. The molecule has 1 saturated heterocycles. The molecule has 100 valence electrons. The minimum atomic E-state index is -0.546. The van der Waals surface area contributed by atoms with E-state index in [1.54, 1.807) is 6.07 Å². The van der Waals surface area contributed by atoms with E-state index in [2.05, 4.69) is 5.32 Å². The molecule has 0 spiro atoms. The monoisotopic (exact) mass is 261 g/mol. The summed E-state index contributed by atoms with van der Waals surface area (Å²) >= 11 is 0. The standard InChI is InChI=1S/C14H16FN3O/c15-13-5-4-12(8-11(13)9-16)17-10-14(19)18-6-2-1-3-7-18/h4-5,8,17H,1-3,6-7,10H2. The average molecular weight is 261 g/mol. The van der Waals surface area contributed by atoms with Gasteiger partial charge < -0.3 is 10.2 Å². The molecule has 1 aromatic rings. The lowest BCUT2D eigenvalue weighted by molar-refractivity contribution is -0.130. The van der Waals surface area contributed by atoms with E-state index in [9.17, 15) is 9.18 Å². The lowest BCUT2D eigenvalue weighted by Gasteiger charge is -2.26. The molecule has 1 aliphatic rings. The first-order chi connectivity index (χ1) is 9.20. The Labute approximate surface area is 111 Å². The Kier molecular flexibility index (Phi) is 4.35. The van der Waals surface area contributed by atoms with Crippen LogP contribution in [0.3, 0.4) is 0 Å². The maximum Gasteiger partial charge on any atom is 0.241 e. The Hall–Kier alpha value is -2.09. The van der Waals surface area contributed by atoms with Gasteiger partial charge in [0.25, 0.3) is 0 Å². The van der Waals surface area contributed by atoms with E-state index in [1.165, 1.54) is 24.6 Å². The van der Waals surface area contributed by atoms with Crippen LogP contribution in [0.1, 0.15) is 24.8 Å². The van der Waals surface area contributed by atoms with Crippen LogP contribution in [-0.2, 0) is 4.79 Å². The number of benzene rings is 1. The zero-order valence-corrected chi connectivity index (χ0v) is 10.7. The van der Waals surface area contributed by atoms with E-state index >= 15 is 0 Å². The summed E-state index contributed by atoms with van der Waals surface area (Å²) < 4.78 is 13.1. The zero-order valence-electron chi connectivity index (χ0n) is 10.7. The third kappa shape index (κ3) is 3.44. The average Bonchev–Trinajstić information content (AvgIpc) is 2.47. The lowest BCUT2D eigenvalue weighted by Crippen LogP contribution is -2.39. The van der Waals surface area contributed by atoms with Gasteiger partial charge in [-0.25, -0.2) is 4.39 Å². The van der Waals surface area contributed by atoms with E-state index in [0.29, 0.717) is 5.69 Å². The van der Waals surface area contributed by atoms with Gasteiger partial charge in [-0.2, -0.15) is 5.26 Å². The number of halogens is 1. The smallest absolute Gasteiger partial charge is 0.241 e. The molecule has 1 N–H and O–H groups in total. The van der Waals surface area contributed by atoms with Gasteiger partial charge in [0.2, 0.25) is 5.91 Å².